The van der Waals surface area contributed by atoms with E-state index in [1.165, 1.54) is 6.07 Å². The van der Waals surface area contributed by atoms with Gasteiger partial charge in [0.2, 0.25) is 11.8 Å². The monoisotopic (exact) mass is 394 g/mol. The molecule has 0 spiro atoms. The number of nitrogens with zero attached hydrogens (tertiary/aromatic N) is 1. The fourth-order valence-corrected chi connectivity index (χ4v) is 2.77. The fraction of sp³-hybridized carbons (Fsp3) is 0.526. The number of imide groups is 1. The molecule has 3 N–H and O–H groups in total. The van der Waals surface area contributed by atoms with Gasteiger partial charge in [-0.15, -0.1) is 0 Å². The number of nitrogens with one attached hydrogen (secondary N) is 3. The quantitative estimate of drug-likeness (QED) is 0.504. The molecule has 1 heterocycles. The van der Waals surface area contributed by atoms with Gasteiger partial charge in [-0.25, -0.2) is 9.18 Å². The van der Waals surface area contributed by atoms with Crippen molar-refractivity contribution in [3.63, 3.8) is 0 Å². The molecule has 1 unspecified atom stereocenters. The van der Waals surface area contributed by atoms with Crippen molar-refractivity contribution >= 4 is 29.3 Å². The van der Waals surface area contributed by atoms with Crippen LogP contribution >= 0.6 is 0 Å². The van der Waals surface area contributed by atoms with E-state index < -0.39 is 23.6 Å². The first-order valence-corrected chi connectivity index (χ1v) is 9.13. The third-order valence-electron chi connectivity index (χ3n) is 4.15. The highest BCUT2D eigenvalue weighted by atomic mass is 19.1. The first kappa shape index (κ1) is 21.5. The highest BCUT2D eigenvalue weighted by Crippen LogP contribution is 2.24. The number of anilines is 2. The average molecular weight is 394 g/mol. The number of hydrogen-bond acceptors (Lipinski definition) is 6. The average Bonchev–Trinajstić information content (AvgIpc) is 2.57. The number of amides is 3. The summed E-state index contributed by atoms with van der Waals surface area (Å²) in [6, 6.07) is 4.07. The molecule has 1 fully saturated rings. The number of benzene rings is 1. The molecule has 1 aliphatic rings. The largest absolute Gasteiger partial charge is 0.444 e. The number of carbonyl (C=O) groups excluding carboxylic acids is 3. The van der Waals surface area contributed by atoms with Gasteiger partial charge in [0.25, 0.3) is 0 Å². The van der Waals surface area contributed by atoms with Crippen molar-refractivity contribution in [3.8, 4) is 0 Å². The van der Waals surface area contributed by atoms with Crippen LogP contribution in [0.5, 0.6) is 0 Å². The summed E-state index contributed by atoms with van der Waals surface area (Å²) in [5.74, 6) is -1.15. The maximum Gasteiger partial charge on any atom is 0.407 e. The van der Waals surface area contributed by atoms with Crippen molar-refractivity contribution in [2.45, 2.75) is 45.3 Å². The number of carbonyl (C=O) groups is 3. The third-order valence-corrected chi connectivity index (χ3v) is 4.15. The Kier molecular flexibility index (Phi) is 6.82. The number of hydrogen-bond donors (Lipinski definition) is 3. The maximum atomic E-state index is 14.4. The van der Waals surface area contributed by atoms with Gasteiger partial charge < -0.3 is 20.3 Å². The summed E-state index contributed by atoms with van der Waals surface area (Å²) in [6.07, 6.45) is 0.114. The Labute approximate surface area is 163 Å². The van der Waals surface area contributed by atoms with Crippen molar-refractivity contribution in [2.75, 3.05) is 30.4 Å². The van der Waals surface area contributed by atoms with Crippen LogP contribution in [-0.4, -0.2) is 49.7 Å². The third kappa shape index (κ3) is 6.11. The number of ether oxygens (including phenoxy) is 1. The molecule has 9 heteroatoms. The second kappa shape index (κ2) is 8.90. The predicted octanol–water partition coefficient (Wildman–Crippen LogP) is 2.00. The van der Waals surface area contributed by atoms with Gasteiger partial charge in [0.05, 0.1) is 5.69 Å². The van der Waals surface area contributed by atoms with Crippen LogP contribution in [0.15, 0.2) is 18.2 Å². The van der Waals surface area contributed by atoms with Crippen LogP contribution in [0.2, 0.25) is 0 Å². The Morgan fingerprint density at radius 1 is 1.32 bits per heavy atom. The van der Waals surface area contributed by atoms with Gasteiger partial charge in [0, 0.05) is 32.2 Å². The summed E-state index contributed by atoms with van der Waals surface area (Å²) in [5, 5.41) is 7.78. The number of rotatable bonds is 6. The number of alkyl carbamates (subject to hydrolysis) is 1. The Bertz CT molecular complexity index is 748. The van der Waals surface area contributed by atoms with E-state index in [4.69, 9.17) is 4.74 Å². The standard InChI is InChI=1S/C19H27FN4O4/c1-19(2,3)28-18(27)22-10-9-21-14-6-5-12(11-13(14)20)24(4)15-7-8-16(25)23-17(15)26/h5-6,11,15,21H,7-10H2,1-4H3,(H,22,27)(H,23,25,26). The van der Waals surface area contributed by atoms with Gasteiger partial charge in [-0.05, 0) is 45.4 Å². The SMILES string of the molecule is CN(c1ccc(NCCNC(=O)OC(C)(C)C)c(F)c1)C1CCC(=O)NC1=O. The molecule has 0 bridgehead atoms. The van der Waals surface area contributed by atoms with E-state index in [2.05, 4.69) is 16.0 Å². The Balaban J connectivity index is 1.87. The Hall–Kier alpha value is -2.84. The van der Waals surface area contributed by atoms with Crippen molar-refractivity contribution in [3.05, 3.63) is 24.0 Å². The summed E-state index contributed by atoms with van der Waals surface area (Å²) in [4.78, 5) is 36.4. The minimum atomic E-state index is -0.575. The molecule has 8 nitrogen and oxygen atoms in total. The van der Waals surface area contributed by atoms with Gasteiger partial charge in [0.15, 0.2) is 0 Å². The molecule has 28 heavy (non-hydrogen) atoms. The number of likely N-dealkylation sites (N-methyl/N-ethyl adjacent to an activating group) is 1. The molecule has 1 aliphatic heterocycles. The van der Waals surface area contributed by atoms with Crippen LogP contribution in [0, 0.1) is 5.82 Å². The summed E-state index contributed by atoms with van der Waals surface area (Å²) in [5.41, 5.74) is 0.240. The first-order valence-electron chi connectivity index (χ1n) is 9.13. The Morgan fingerprint density at radius 3 is 2.64 bits per heavy atom. The van der Waals surface area contributed by atoms with E-state index in [0.717, 1.165) is 0 Å². The van der Waals surface area contributed by atoms with Crippen molar-refractivity contribution < 1.29 is 23.5 Å². The molecule has 1 aromatic rings. The highest BCUT2D eigenvalue weighted by Gasteiger charge is 2.30. The first-order chi connectivity index (χ1) is 13.1. The fourth-order valence-electron chi connectivity index (χ4n) is 2.77. The summed E-state index contributed by atoms with van der Waals surface area (Å²) in [6.45, 7) is 5.90. The molecule has 0 aromatic heterocycles. The van der Waals surface area contributed by atoms with Crippen LogP contribution in [0.1, 0.15) is 33.6 Å². The number of halogens is 1. The molecule has 154 valence electrons. The van der Waals surface area contributed by atoms with E-state index in [9.17, 15) is 18.8 Å². The smallest absolute Gasteiger partial charge is 0.407 e. The van der Waals surface area contributed by atoms with E-state index >= 15 is 0 Å². The van der Waals surface area contributed by atoms with Gasteiger partial charge in [-0.1, -0.05) is 0 Å². The van der Waals surface area contributed by atoms with Crippen molar-refractivity contribution in [1.29, 1.82) is 0 Å². The minimum Gasteiger partial charge on any atom is -0.444 e. The van der Waals surface area contributed by atoms with E-state index in [1.54, 1.807) is 44.9 Å². The van der Waals surface area contributed by atoms with Crippen molar-refractivity contribution in [1.82, 2.24) is 10.6 Å². The number of piperidine rings is 1. The molecule has 0 saturated carbocycles. The lowest BCUT2D eigenvalue weighted by molar-refractivity contribution is -0.134. The zero-order valence-corrected chi connectivity index (χ0v) is 16.6. The normalized spacial score (nSPS) is 17.0. The molecular formula is C19H27FN4O4. The minimum absolute atomic E-state index is 0.257. The van der Waals surface area contributed by atoms with Crippen LogP contribution in [0.3, 0.4) is 0 Å². The maximum absolute atomic E-state index is 14.4. The summed E-state index contributed by atoms with van der Waals surface area (Å²) >= 11 is 0. The summed E-state index contributed by atoms with van der Waals surface area (Å²) < 4.78 is 19.5. The van der Waals surface area contributed by atoms with Gasteiger partial charge in [0.1, 0.15) is 17.5 Å². The predicted molar refractivity (Wildman–Crippen MR) is 104 cm³/mol. The zero-order chi connectivity index (χ0) is 20.9. The van der Waals surface area contributed by atoms with Gasteiger partial charge in [-0.3, -0.25) is 14.9 Å². The van der Waals surface area contributed by atoms with Crippen molar-refractivity contribution in [2.24, 2.45) is 0 Å². The molecule has 0 radical (unpaired) electrons. The van der Waals surface area contributed by atoms with Crippen LogP contribution in [0.25, 0.3) is 0 Å². The Morgan fingerprint density at radius 2 is 2.04 bits per heavy atom. The van der Waals surface area contributed by atoms with Crippen LogP contribution < -0.4 is 20.9 Å². The van der Waals surface area contributed by atoms with E-state index in [0.29, 0.717) is 18.7 Å². The van der Waals surface area contributed by atoms with Crippen LogP contribution in [0.4, 0.5) is 20.6 Å². The lowest BCUT2D eigenvalue weighted by atomic mass is 10.0. The second-order valence-corrected chi connectivity index (χ2v) is 7.60. The zero-order valence-electron chi connectivity index (χ0n) is 16.6. The molecule has 0 aliphatic carbocycles. The molecule has 1 atom stereocenters. The molecule has 3 amide bonds. The topological polar surface area (TPSA) is 99.8 Å². The molecular weight excluding hydrogens is 367 g/mol. The lowest BCUT2D eigenvalue weighted by Crippen LogP contribution is -2.51. The summed E-state index contributed by atoms with van der Waals surface area (Å²) in [7, 11) is 1.69. The van der Waals surface area contributed by atoms with Crippen LogP contribution in [-0.2, 0) is 14.3 Å². The molecule has 2 rings (SSSR count). The van der Waals surface area contributed by atoms with Gasteiger partial charge >= 0.3 is 6.09 Å². The second-order valence-electron chi connectivity index (χ2n) is 7.60. The molecule has 1 aromatic carbocycles. The highest BCUT2D eigenvalue weighted by molar-refractivity contribution is 6.01. The van der Waals surface area contributed by atoms with Gasteiger partial charge in [-0.2, -0.15) is 0 Å². The lowest BCUT2D eigenvalue weighted by Gasteiger charge is -2.31. The van der Waals surface area contributed by atoms with E-state index in [-0.39, 0.29) is 30.5 Å². The molecule has 1 saturated heterocycles. The van der Waals surface area contributed by atoms with E-state index in [1.807, 2.05) is 0 Å².